The molecule has 0 heterocycles. The topological polar surface area (TPSA) is 38.3 Å². The monoisotopic (exact) mass is 271 g/mol. The number of carbonyl (C=O) groups is 1. The molecule has 0 saturated heterocycles. The third-order valence-corrected chi connectivity index (χ3v) is 2.27. The summed E-state index contributed by atoms with van der Waals surface area (Å²) in [4.78, 5) is 11.1. The first-order valence-corrected chi connectivity index (χ1v) is 5.66. The highest BCUT2D eigenvalue weighted by molar-refractivity contribution is 9.10. The standard InChI is InChI=1S/C11H14BrNO2/c1-2-6-13-11(14)15-8-9-4-3-5-10(12)7-9/h3-5,7H,2,6,8H2,1H3,(H,13,14). The van der Waals surface area contributed by atoms with Crippen molar-refractivity contribution in [3.63, 3.8) is 0 Å². The van der Waals surface area contributed by atoms with E-state index >= 15 is 0 Å². The predicted octanol–water partition coefficient (Wildman–Crippen LogP) is 3.09. The van der Waals surface area contributed by atoms with Gasteiger partial charge in [-0.05, 0) is 24.1 Å². The molecule has 0 radical (unpaired) electrons. The Hall–Kier alpha value is -1.03. The second kappa shape index (κ2) is 6.45. The lowest BCUT2D eigenvalue weighted by atomic mass is 10.2. The van der Waals surface area contributed by atoms with E-state index in [2.05, 4.69) is 21.2 Å². The molecular formula is C11H14BrNO2. The van der Waals surface area contributed by atoms with Crippen LogP contribution in [0.3, 0.4) is 0 Å². The zero-order chi connectivity index (χ0) is 11.1. The Kier molecular flexibility index (Phi) is 5.18. The highest BCUT2D eigenvalue weighted by Crippen LogP contribution is 2.12. The molecule has 0 fully saturated rings. The summed E-state index contributed by atoms with van der Waals surface area (Å²) < 4.78 is 6.00. The van der Waals surface area contributed by atoms with E-state index in [1.165, 1.54) is 0 Å². The van der Waals surface area contributed by atoms with Gasteiger partial charge in [-0.2, -0.15) is 0 Å². The third kappa shape index (κ3) is 4.83. The lowest BCUT2D eigenvalue weighted by molar-refractivity contribution is 0.139. The molecule has 0 aliphatic rings. The predicted molar refractivity (Wildman–Crippen MR) is 62.6 cm³/mol. The lowest BCUT2D eigenvalue weighted by Crippen LogP contribution is -2.24. The Morgan fingerprint density at radius 1 is 1.53 bits per heavy atom. The number of hydrogen-bond acceptors (Lipinski definition) is 2. The maximum absolute atomic E-state index is 11.1. The van der Waals surface area contributed by atoms with Gasteiger partial charge < -0.3 is 10.1 Å². The molecule has 82 valence electrons. The fraction of sp³-hybridized carbons (Fsp3) is 0.364. The van der Waals surface area contributed by atoms with Crippen LogP contribution in [0.5, 0.6) is 0 Å². The smallest absolute Gasteiger partial charge is 0.407 e. The number of amides is 1. The third-order valence-electron chi connectivity index (χ3n) is 1.78. The quantitative estimate of drug-likeness (QED) is 0.914. The van der Waals surface area contributed by atoms with Crippen LogP contribution in [0, 0.1) is 0 Å². The van der Waals surface area contributed by atoms with Crippen molar-refractivity contribution in [2.75, 3.05) is 6.54 Å². The number of hydrogen-bond donors (Lipinski definition) is 1. The molecule has 1 rings (SSSR count). The van der Waals surface area contributed by atoms with E-state index in [-0.39, 0.29) is 6.09 Å². The molecule has 1 N–H and O–H groups in total. The number of carbonyl (C=O) groups excluding carboxylic acids is 1. The van der Waals surface area contributed by atoms with Crippen molar-refractivity contribution in [1.29, 1.82) is 0 Å². The van der Waals surface area contributed by atoms with Crippen LogP contribution in [-0.2, 0) is 11.3 Å². The number of ether oxygens (including phenoxy) is 1. The largest absolute Gasteiger partial charge is 0.445 e. The molecule has 1 aromatic carbocycles. The Bertz CT molecular complexity index is 328. The number of benzene rings is 1. The second-order valence-electron chi connectivity index (χ2n) is 3.13. The molecule has 1 amide bonds. The first-order valence-electron chi connectivity index (χ1n) is 4.87. The minimum Gasteiger partial charge on any atom is -0.445 e. The molecule has 0 aliphatic heterocycles. The molecule has 0 saturated carbocycles. The van der Waals surface area contributed by atoms with Crippen LogP contribution in [0.25, 0.3) is 0 Å². The Morgan fingerprint density at radius 3 is 3.00 bits per heavy atom. The van der Waals surface area contributed by atoms with Gasteiger partial charge in [0.05, 0.1) is 0 Å². The zero-order valence-electron chi connectivity index (χ0n) is 8.63. The highest BCUT2D eigenvalue weighted by Gasteiger charge is 2.01. The van der Waals surface area contributed by atoms with Crippen LogP contribution in [-0.4, -0.2) is 12.6 Å². The van der Waals surface area contributed by atoms with E-state index in [1.54, 1.807) is 0 Å². The van der Waals surface area contributed by atoms with Gasteiger partial charge in [0.2, 0.25) is 0 Å². The van der Waals surface area contributed by atoms with Gasteiger partial charge in [-0.15, -0.1) is 0 Å². The van der Waals surface area contributed by atoms with Gasteiger partial charge in [0.25, 0.3) is 0 Å². The van der Waals surface area contributed by atoms with Gasteiger partial charge in [-0.25, -0.2) is 4.79 Å². The zero-order valence-corrected chi connectivity index (χ0v) is 10.2. The molecule has 1 aromatic rings. The van der Waals surface area contributed by atoms with Gasteiger partial charge in [-0.3, -0.25) is 0 Å². The molecule has 0 spiro atoms. The molecule has 15 heavy (non-hydrogen) atoms. The fourth-order valence-corrected chi connectivity index (χ4v) is 1.50. The van der Waals surface area contributed by atoms with Crippen molar-refractivity contribution in [3.8, 4) is 0 Å². The van der Waals surface area contributed by atoms with E-state index in [1.807, 2.05) is 31.2 Å². The summed E-state index contributed by atoms with van der Waals surface area (Å²) in [6.45, 7) is 2.95. The highest BCUT2D eigenvalue weighted by atomic mass is 79.9. The molecule has 0 aliphatic carbocycles. The van der Waals surface area contributed by atoms with Crippen molar-refractivity contribution in [2.45, 2.75) is 20.0 Å². The molecule has 0 bridgehead atoms. The first-order chi connectivity index (χ1) is 7.22. The fourth-order valence-electron chi connectivity index (χ4n) is 1.05. The maximum Gasteiger partial charge on any atom is 0.407 e. The van der Waals surface area contributed by atoms with Crippen LogP contribution in [0.15, 0.2) is 28.7 Å². The normalized spacial score (nSPS) is 9.73. The van der Waals surface area contributed by atoms with Crippen LogP contribution in [0.4, 0.5) is 4.79 Å². The Labute approximate surface area is 97.9 Å². The number of nitrogens with one attached hydrogen (secondary N) is 1. The summed E-state index contributed by atoms with van der Waals surface area (Å²) >= 11 is 3.35. The summed E-state index contributed by atoms with van der Waals surface area (Å²) in [7, 11) is 0. The first kappa shape index (κ1) is 12.0. The molecule has 3 nitrogen and oxygen atoms in total. The molecule has 4 heteroatoms. The maximum atomic E-state index is 11.1. The van der Waals surface area contributed by atoms with Crippen LogP contribution < -0.4 is 5.32 Å². The van der Waals surface area contributed by atoms with Crippen molar-refractivity contribution in [1.82, 2.24) is 5.32 Å². The molecular weight excluding hydrogens is 258 g/mol. The van der Waals surface area contributed by atoms with E-state index in [9.17, 15) is 4.79 Å². The lowest BCUT2D eigenvalue weighted by Gasteiger charge is -2.06. The number of rotatable bonds is 4. The van der Waals surface area contributed by atoms with Crippen LogP contribution >= 0.6 is 15.9 Å². The summed E-state index contributed by atoms with van der Waals surface area (Å²) in [6.07, 6.45) is 0.545. The summed E-state index contributed by atoms with van der Waals surface area (Å²) in [5.74, 6) is 0. The summed E-state index contributed by atoms with van der Waals surface area (Å²) in [5, 5.41) is 2.64. The number of alkyl carbamates (subject to hydrolysis) is 1. The van der Waals surface area contributed by atoms with Gasteiger partial charge >= 0.3 is 6.09 Å². The Balaban J connectivity index is 2.33. The second-order valence-corrected chi connectivity index (χ2v) is 4.05. The summed E-state index contributed by atoms with van der Waals surface area (Å²) in [6, 6.07) is 7.68. The van der Waals surface area contributed by atoms with Crippen LogP contribution in [0.2, 0.25) is 0 Å². The SMILES string of the molecule is CCCNC(=O)OCc1cccc(Br)c1. The summed E-state index contributed by atoms with van der Waals surface area (Å²) in [5.41, 5.74) is 0.969. The van der Waals surface area contributed by atoms with Crippen molar-refractivity contribution >= 4 is 22.0 Å². The van der Waals surface area contributed by atoms with Crippen LogP contribution in [0.1, 0.15) is 18.9 Å². The molecule has 0 aromatic heterocycles. The van der Waals surface area contributed by atoms with Crippen molar-refractivity contribution < 1.29 is 9.53 Å². The minimum atomic E-state index is -0.364. The minimum absolute atomic E-state index is 0.301. The number of halogens is 1. The van der Waals surface area contributed by atoms with Gasteiger partial charge in [-0.1, -0.05) is 35.0 Å². The van der Waals surface area contributed by atoms with Gasteiger partial charge in [0.1, 0.15) is 6.61 Å². The average Bonchev–Trinajstić information content (AvgIpc) is 2.23. The van der Waals surface area contributed by atoms with E-state index in [4.69, 9.17) is 4.74 Å². The molecule has 0 atom stereocenters. The van der Waals surface area contributed by atoms with E-state index < -0.39 is 0 Å². The van der Waals surface area contributed by atoms with Crippen molar-refractivity contribution in [3.05, 3.63) is 34.3 Å². The van der Waals surface area contributed by atoms with E-state index in [0.717, 1.165) is 16.5 Å². The average molecular weight is 272 g/mol. The Morgan fingerprint density at radius 2 is 2.33 bits per heavy atom. The van der Waals surface area contributed by atoms with Gasteiger partial charge in [0.15, 0.2) is 0 Å². The molecule has 0 unspecified atom stereocenters. The van der Waals surface area contributed by atoms with Crippen molar-refractivity contribution in [2.24, 2.45) is 0 Å². The van der Waals surface area contributed by atoms with E-state index in [0.29, 0.717) is 13.2 Å². The van der Waals surface area contributed by atoms with Gasteiger partial charge in [0, 0.05) is 11.0 Å².